The van der Waals surface area contributed by atoms with E-state index in [-0.39, 0.29) is 29.6 Å². The monoisotopic (exact) mass is 423 g/mol. The minimum atomic E-state index is -3.82. The molecule has 1 heterocycles. The summed E-state index contributed by atoms with van der Waals surface area (Å²) in [5.41, 5.74) is 0.000542. The molecule has 0 aliphatic carbocycles. The molecule has 1 aliphatic heterocycles. The van der Waals surface area contributed by atoms with E-state index in [9.17, 15) is 23.3 Å². The Morgan fingerprint density at radius 1 is 1.24 bits per heavy atom. The van der Waals surface area contributed by atoms with Gasteiger partial charge in [-0.05, 0) is 18.2 Å². The van der Waals surface area contributed by atoms with E-state index in [1.54, 1.807) is 0 Å². The van der Waals surface area contributed by atoms with E-state index in [2.05, 4.69) is 5.32 Å². The van der Waals surface area contributed by atoms with Gasteiger partial charge in [-0.25, -0.2) is 8.42 Å². The van der Waals surface area contributed by atoms with Gasteiger partial charge in [0.25, 0.3) is 5.69 Å². The van der Waals surface area contributed by atoms with E-state index in [0.29, 0.717) is 11.5 Å². The summed E-state index contributed by atoms with van der Waals surface area (Å²) in [5, 5.41) is 13.4. The summed E-state index contributed by atoms with van der Waals surface area (Å²) in [5.74, 6) is 0.301. The first-order valence-electron chi connectivity index (χ1n) is 8.18. The van der Waals surface area contributed by atoms with Gasteiger partial charge in [0.15, 0.2) is 11.5 Å². The SMILES string of the molecule is COc1ccc([N+](=O)[O-])cc1NC(=O)CN(c1ccc2c(c1)OCO2)S(C)(=O)=O. The van der Waals surface area contributed by atoms with Crippen LogP contribution in [0.2, 0.25) is 0 Å². The average Bonchev–Trinajstić information content (AvgIpc) is 3.12. The molecular weight excluding hydrogens is 406 g/mol. The fourth-order valence-electron chi connectivity index (χ4n) is 2.67. The number of benzene rings is 2. The van der Waals surface area contributed by atoms with Crippen molar-refractivity contribution in [1.82, 2.24) is 0 Å². The number of methoxy groups -OCH3 is 1. The Morgan fingerprint density at radius 3 is 2.62 bits per heavy atom. The number of nitrogens with one attached hydrogen (secondary N) is 1. The van der Waals surface area contributed by atoms with Crippen LogP contribution >= 0.6 is 0 Å². The van der Waals surface area contributed by atoms with E-state index in [4.69, 9.17) is 14.2 Å². The number of carbonyl (C=O) groups is 1. The Bertz CT molecular complexity index is 1070. The topological polar surface area (TPSA) is 137 Å². The van der Waals surface area contributed by atoms with Crippen LogP contribution in [0.1, 0.15) is 0 Å². The molecule has 0 bridgehead atoms. The zero-order chi connectivity index (χ0) is 21.2. The molecule has 1 aliphatic rings. The number of carbonyl (C=O) groups excluding carboxylic acids is 1. The number of ether oxygens (including phenoxy) is 3. The van der Waals surface area contributed by atoms with E-state index in [1.807, 2.05) is 0 Å². The second-order valence-corrected chi connectivity index (χ2v) is 7.90. The van der Waals surface area contributed by atoms with Gasteiger partial charge in [0.2, 0.25) is 22.7 Å². The minimum absolute atomic E-state index is 0.0186. The van der Waals surface area contributed by atoms with Crippen LogP contribution in [0.15, 0.2) is 36.4 Å². The first-order valence-corrected chi connectivity index (χ1v) is 10.0. The lowest BCUT2D eigenvalue weighted by molar-refractivity contribution is -0.384. The Hall–Kier alpha value is -3.54. The molecule has 0 unspecified atom stereocenters. The number of nitrogens with zero attached hydrogens (tertiary/aromatic N) is 2. The van der Waals surface area contributed by atoms with E-state index >= 15 is 0 Å². The van der Waals surface area contributed by atoms with Crippen molar-refractivity contribution in [2.24, 2.45) is 0 Å². The Labute approximate surface area is 166 Å². The summed E-state index contributed by atoms with van der Waals surface area (Å²) in [6.45, 7) is -0.547. The van der Waals surface area contributed by atoms with Gasteiger partial charge in [0.1, 0.15) is 12.3 Å². The van der Waals surface area contributed by atoms with Crippen LogP contribution in [0.5, 0.6) is 17.2 Å². The predicted molar refractivity (Wildman–Crippen MR) is 103 cm³/mol. The van der Waals surface area contributed by atoms with Gasteiger partial charge in [-0.2, -0.15) is 0 Å². The quantitative estimate of drug-likeness (QED) is 0.525. The van der Waals surface area contributed by atoms with Crippen LogP contribution in [-0.2, 0) is 14.8 Å². The first-order chi connectivity index (χ1) is 13.7. The summed E-state index contributed by atoms with van der Waals surface area (Å²) in [4.78, 5) is 22.9. The Morgan fingerprint density at radius 2 is 1.97 bits per heavy atom. The highest BCUT2D eigenvalue weighted by Crippen LogP contribution is 2.36. The standard InChI is InChI=1S/C17H17N3O8S/c1-26-14-5-4-12(20(22)23)7-13(14)18-17(21)9-19(29(2,24)25)11-3-6-15-16(8-11)28-10-27-15/h3-8H,9-10H2,1-2H3,(H,18,21). The second kappa shape index (κ2) is 7.83. The minimum Gasteiger partial charge on any atom is -0.495 e. The molecule has 0 saturated carbocycles. The molecule has 0 aromatic heterocycles. The van der Waals surface area contributed by atoms with E-state index in [1.165, 1.54) is 37.4 Å². The number of sulfonamides is 1. The molecule has 12 heteroatoms. The van der Waals surface area contributed by atoms with Crippen molar-refractivity contribution < 1.29 is 32.3 Å². The molecular formula is C17H17N3O8S. The Balaban J connectivity index is 1.85. The number of non-ortho nitro benzene ring substituents is 1. The lowest BCUT2D eigenvalue weighted by Gasteiger charge is -2.22. The van der Waals surface area contributed by atoms with Gasteiger partial charge < -0.3 is 19.5 Å². The van der Waals surface area contributed by atoms with Crippen LogP contribution in [0, 0.1) is 10.1 Å². The van der Waals surface area contributed by atoms with Crippen molar-refractivity contribution in [2.75, 3.05) is 36.3 Å². The highest BCUT2D eigenvalue weighted by Gasteiger charge is 2.24. The van der Waals surface area contributed by atoms with Crippen LogP contribution in [-0.4, -0.2) is 46.0 Å². The molecule has 2 aromatic carbocycles. The summed E-state index contributed by atoms with van der Waals surface area (Å²) in [7, 11) is -2.48. The Kier molecular flexibility index (Phi) is 5.46. The average molecular weight is 423 g/mol. The van der Waals surface area contributed by atoms with Crippen molar-refractivity contribution >= 4 is 33.0 Å². The number of nitro benzene ring substituents is 1. The third-order valence-electron chi connectivity index (χ3n) is 4.00. The van der Waals surface area contributed by atoms with Gasteiger partial charge in [-0.15, -0.1) is 0 Å². The summed E-state index contributed by atoms with van der Waals surface area (Å²) in [6, 6.07) is 8.16. The number of amides is 1. The molecule has 0 fully saturated rings. The van der Waals surface area contributed by atoms with Gasteiger partial charge >= 0.3 is 0 Å². The van der Waals surface area contributed by atoms with Crippen LogP contribution in [0.25, 0.3) is 0 Å². The third kappa shape index (κ3) is 4.48. The largest absolute Gasteiger partial charge is 0.495 e. The number of rotatable bonds is 7. The van der Waals surface area contributed by atoms with Crippen molar-refractivity contribution in [2.45, 2.75) is 0 Å². The molecule has 0 radical (unpaired) electrons. The molecule has 0 spiro atoms. The van der Waals surface area contributed by atoms with Crippen molar-refractivity contribution in [3.8, 4) is 17.2 Å². The molecule has 2 aromatic rings. The van der Waals surface area contributed by atoms with Gasteiger partial charge in [-0.3, -0.25) is 19.2 Å². The molecule has 3 rings (SSSR count). The van der Waals surface area contributed by atoms with Gasteiger partial charge in [0.05, 0.1) is 29.7 Å². The molecule has 11 nitrogen and oxygen atoms in total. The number of hydrogen-bond donors (Lipinski definition) is 1. The highest BCUT2D eigenvalue weighted by atomic mass is 32.2. The van der Waals surface area contributed by atoms with Crippen LogP contribution in [0.4, 0.5) is 17.1 Å². The zero-order valence-corrected chi connectivity index (χ0v) is 16.3. The van der Waals surface area contributed by atoms with E-state index in [0.717, 1.165) is 16.6 Å². The lowest BCUT2D eigenvalue weighted by atomic mass is 10.2. The number of nitro groups is 1. The fraction of sp³-hybridized carbons (Fsp3) is 0.235. The summed E-state index contributed by atoms with van der Waals surface area (Å²) >= 11 is 0. The smallest absolute Gasteiger partial charge is 0.271 e. The number of hydrogen-bond acceptors (Lipinski definition) is 8. The van der Waals surface area contributed by atoms with Gasteiger partial charge in [0, 0.05) is 18.2 Å². The molecule has 1 N–H and O–H groups in total. The van der Waals surface area contributed by atoms with Crippen LogP contribution < -0.4 is 23.8 Å². The molecule has 0 atom stereocenters. The number of anilines is 2. The summed E-state index contributed by atoms with van der Waals surface area (Å²) < 4.78 is 40.9. The van der Waals surface area contributed by atoms with Crippen molar-refractivity contribution in [1.29, 1.82) is 0 Å². The fourth-order valence-corrected chi connectivity index (χ4v) is 3.52. The number of fused-ring (bicyclic) bond motifs is 1. The molecule has 154 valence electrons. The molecule has 1 amide bonds. The first kappa shape index (κ1) is 20.2. The second-order valence-electron chi connectivity index (χ2n) is 6.00. The highest BCUT2D eigenvalue weighted by molar-refractivity contribution is 7.92. The maximum Gasteiger partial charge on any atom is 0.271 e. The normalized spacial score (nSPS) is 12.3. The van der Waals surface area contributed by atoms with Gasteiger partial charge in [-0.1, -0.05) is 0 Å². The van der Waals surface area contributed by atoms with E-state index < -0.39 is 27.4 Å². The zero-order valence-electron chi connectivity index (χ0n) is 15.4. The van der Waals surface area contributed by atoms with Crippen LogP contribution in [0.3, 0.4) is 0 Å². The predicted octanol–water partition coefficient (Wildman–Crippen LogP) is 1.74. The molecule has 0 saturated heterocycles. The molecule has 29 heavy (non-hydrogen) atoms. The lowest BCUT2D eigenvalue weighted by Crippen LogP contribution is -2.37. The van der Waals surface area contributed by atoms with Crippen molar-refractivity contribution in [3.63, 3.8) is 0 Å². The third-order valence-corrected chi connectivity index (χ3v) is 5.14. The van der Waals surface area contributed by atoms with Crippen molar-refractivity contribution in [3.05, 3.63) is 46.5 Å². The maximum atomic E-state index is 12.5. The summed E-state index contributed by atoms with van der Waals surface area (Å²) in [6.07, 6.45) is 0.957. The maximum absolute atomic E-state index is 12.5.